The van der Waals surface area contributed by atoms with Gasteiger partial charge in [-0.25, -0.2) is 14.3 Å². The third-order valence-electron chi connectivity index (χ3n) is 3.65. The molecule has 1 saturated heterocycles. The first kappa shape index (κ1) is 13.1. The summed E-state index contributed by atoms with van der Waals surface area (Å²) in [4.78, 5) is 18.4. The molecule has 0 saturated carbocycles. The Morgan fingerprint density at radius 2 is 2.20 bits per heavy atom. The highest BCUT2D eigenvalue weighted by molar-refractivity contribution is 5.90. The topological polar surface area (TPSA) is 59.7 Å². The molecule has 0 unspecified atom stereocenters. The lowest BCUT2D eigenvalue weighted by atomic mass is 10.3. The van der Waals surface area contributed by atoms with Crippen molar-refractivity contribution >= 4 is 11.6 Å². The normalized spacial score (nSPS) is 15.8. The van der Waals surface area contributed by atoms with Crippen molar-refractivity contribution in [3.8, 4) is 0 Å². The first-order valence-corrected chi connectivity index (χ1v) is 6.92. The number of rotatable bonds is 4. The van der Waals surface area contributed by atoms with Crippen molar-refractivity contribution in [2.24, 2.45) is 0 Å². The van der Waals surface area contributed by atoms with E-state index >= 15 is 0 Å². The summed E-state index contributed by atoms with van der Waals surface area (Å²) in [6.45, 7) is 3.36. The first-order chi connectivity index (χ1) is 9.76. The fourth-order valence-corrected chi connectivity index (χ4v) is 2.54. The summed E-state index contributed by atoms with van der Waals surface area (Å²) in [7, 11) is 1.37. The van der Waals surface area contributed by atoms with E-state index in [-0.39, 0.29) is 5.97 Å². The fraction of sp³-hybridized carbons (Fsp3) is 0.500. The van der Waals surface area contributed by atoms with Gasteiger partial charge in [0.15, 0.2) is 11.5 Å². The third kappa shape index (κ3) is 2.65. The molecule has 6 heteroatoms. The van der Waals surface area contributed by atoms with E-state index in [0.29, 0.717) is 11.2 Å². The molecule has 1 fully saturated rings. The second-order valence-corrected chi connectivity index (χ2v) is 5.04. The molecule has 0 radical (unpaired) electrons. The summed E-state index contributed by atoms with van der Waals surface area (Å²) < 4.78 is 6.40. The molecular weight excluding hydrogens is 256 g/mol. The molecule has 3 heterocycles. The lowest BCUT2D eigenvalue weighted by Gasteiger charge is -2.12. The van der Waals surface area contributed by atoms with Crippen LogP contribution in [-0.2, 0) is 11.2 Å². The number of esters is 1. The zero-order valence-corrected chi connectivity index (χ0v) is 11.6. The van der Waals surface area contributed by atoms with Crippen LogP contribution >= 0.6 is 0 Å². The predicted molar refractivity (Wildman–Crippen MR) is 73.7 cm³/mol. The van der Waals surface area contributed by atoms with Gasteiger partial charge in [0, 0.05) is 19.2 Å². The summed E-state index contributed by atoms with van der Waals surface area (Å²) in [6, 6.07) is 3.40. The van der Waals surface area contributed by atoms with Gasteiger partial charge in [0.05, 0.1) is 12.7 Å². The van der Waals surface area contributed by atoms with Gasteiger partial charge in [-0.2, -0.15) is 5.10 Å². The van der Waals surface area contributed by atoms with Gasteiger partial charge in [-0.3, -0.25) is 0 Å². The Kier molecular flexibility index (Phi) is 3.64. The second-order valence-electron chi connectivity index (χ2n) is 5.04. The van der Waals surface area contributed by atoms with Crippen molar-refractivity contribution in [1.29, 1.82) is 0 Å². The van der Waals surface area contributed by atoms with E-state index in [2.05, 4.69) is 15.0 Å². The van der Waals surface area contributed by atoms with Gasteiger partial charge >= 0.3 is 5.97 Å². The van der Waals surface area contributed by atoms with Crippen molar-refractivity contribution in [2.45, 2.75) is 19.3 Å². The molecule has 3 rings (SSSR count). The highest BCUT2D eigenvalue weighted by Gasteiger charge is 2.13. The molecule has 106 valence electrons. The Bertz CT molecular complexity index is 617. The molecule has 0 aromatic carbocycles. The maximum absolute atomic E-state index is 11.5. The summed E-state index contributed by atoms with van der Waals surface area (Å²) in [5.41, 5.74) is 1.18. The zero-order chi connectivity index (χ0) is 13.9. The number of hydrogen-bond donors (Lipinski definition) is 0. The van der Waals surface area contributed by atoms with Gasteiger partial charge < -0.3 is 9.64 Å². The van der Waals surface area contributed by atoms with Crippen LogP contribution in [-0.4, -0.2) is 52.2 Å². The molecule has 0 amide bonds. The minimum atomic E-state index is -0.353. The summed E-state index contributed by atoms with van der Waals surface area (Å²) in [6.07, 6.45) is 5.17. The fourth-order valence-electron chi connectivity index (χ4n) is 2.54. The van der Waals surface area contributed by atoms with Crippen LogP contribution in [0.3, 0.4) is 0 Å². The summed E-state index contributed by atoms with van der Waals surface area (Å²) in [5, 5.41) is 4.43. The van der Waals surface area contributed by atoms with Crippen LogP contribution in [0.5, 0.6) is 0 Å². The number of hydrogen-bond acceptors (Lipinski definition) is 5. The Labute approximate surface area is 117 Å². The van der Waals surface area contributed by atoms with Gasteiger partial charge in [-0.15, -0.1) is 0 Å². The van der Waals surface area contributed by atoms with Crippen LogP contribution in [0.2, 0.25) is 0 Å². The smallest absolute Gasteiger partial charge is 0.338 e. The maximum Gasteiger partial charge on any atom is 0.338 e. The number of fused-ring (bicyclic) bond motifs is 1. The molecule has 0 atom stereocenters. The van der Waals surface area contributed by atoms with Gasteiger partial charge in [-0.1, -0.05) is 0 Å². The SMILES string of the molecule is COC(=O)c1ccn2nc(CCN3CCCC3)nc2c1. The van der Waals surface area contributed by atoms with E-state index in [1.165, 1.54) is 33.0 Å². The lowest BCUT2D eigenvalue weighted by Crippen LogP contribution is -2.22. The molecule has 6 nitrogen and oxygen atoms in total. The molecule has 1 aliphatic rings. The van der Waals surface area contributed by atoms with E-state index in [1.807, 2.05) is 0 Å². The number of carbonyl (C=O) groups is 1. The van der Waals surface area contributed by atoms with Crippen molar-refractivity contribution in [1.82, 2.24) is 19.5 Å². The second kappa shape index (κ2) is 5.58. The molecule has 0 spiro atoms. The van der Waals surface area contributed by atoms with E-state index < -0.39 is 0 Å². The minimum absolute atomic E-state index is 0.353. The highest BCUT2D eigenvalue weighted by Crippen LogP contribution is 2.10. The van der Waals surface area contributed by atoms with Crippen LogP contribution in [0.25, 0.3) is 5.65 Å². The van der Waals surface area contributed by atoms with Crippen LogP contribution in [0.4, 0.5) is 0 Å². The number of aromatic nitrogens is 3. The summed E-state index contributed by atoms with van der Waals surface area (Å²) >= 11 is 0. The van der Waals surface area contributed by atoms with Gasteiger partial charge in [0.25, 0.3) is 0 Å². The van der Waals surface area contributed by atoms with Crippen LogP contribution < -0.4 is 0 Å². The molecular formula is C14H18N4O2. The van der Waals surface area contributed by atoms with Gasteiger partial charge in [0.1, 0.15) is 0 Å². The molecule has 0 N–H and O–H groups in total. The van der Waals surface area contributed by atoms with E-state index in [1.54, 1.807) is 22.8 Å². The molecule has 0 bridgehead atoms. The zero-order valence-electron chi connectivity index (χ0n) is 11.6. The maximum atomic E-state index is 11.5. The quantitative estimate of drug-likeness (QED) is 0.783. The van der Waals surface area contributed by atoms with Gasteiger partial charge in [0.2, 0.25) is 0 Å². The lowest BCUT2D eigenvalue weighted by molar-refractivity contribution is 0.0600. The number of nitrogens with zero attached hydrogens (tertiary/aromatic N) is 4. The standard InChI is InChI=1S/C14H18N4O2/c1-20-14(19)11-4-9-18-13(10-11)15-12(16-18)5-8-17-6-2-3-7-17/h4,9-10H,2-3,5-8H2,1H3. The highest BCUT2D eigenvalue weighted by atomic mass is 16.5. The number of methoxy groups -OCH3 is 1. The van der Waals surface area contributed by atoms with Crippen molar-refractivity contribution in [2.75, 3.05) is 26.7 Å². The molecule has 20 heavy (non-hydrogen) atoms. The van der Waals surface area contributed by atoms with Crippen LogP contribution in [0, 0.1) is 0 Å². The molecule has 2 aromatic rings. The van der Waals surface area contributed by atoms with Crippen molar-refractivity contribution < 1.29 is 9.53 Å². The number of pyridine rings is 1. The predicted octanol–water partition coefficient (Wildman–Crippen LogP) is 1.15. The third-order valence-corrected chi connectivity index (χ3v) is 3.65. The Hall–Kier alpha value is -1.95. The Balaban J connectivity index is 1.74. The number of carbonyl (C=O) groups excluding carboxylic acids is 1. The Morgan fingerprint density at radius 1 is 1.40 bits per heavy atom. The Morgan fingerprint density at radius 3 is 2.95 bits per heavy atom. The molecule has 0 aliphatic carbocycles. The van der Waals surface area contributed by atoms with E-state index in [9.17, 15) is 4.79 Å². The largest absolute Gasteiger partial charge is 0.465 e. The van der Waals surface area contributed by atoms with Crippen molar-refractivity contribution in [3.05, 3.63) is 29.7 Å². The minimum Gasteiger partial charge on any atom is -0.465 e. The average Bonchev–Trinajstić information content (AvgIpc) is 3.12. The van der Waals surface area contributed by atoms with Gasteiger partial charge in [-0.05, 0) is 38.1 Å². The summed E-state index contributed by atoms with van der Waals surface area (Å²) in [5.74, 6) is 0.466. The average molecular weight is 274 g/mol. The first-order valence-electron chi connectivity index (χ1n) is 6.92. The van der Waals surface area contributed by atoms with E-state index in [4.69, 9.17) is 4.74 Å². The van der Waals surface area contributed by atoms with Crippen LogP contribution in [0.15, 0.2) is 18.3 Å². The monoisotopic (exact) mass is 274 g/mol. The molecule has 2 aromatic heterocycles. The number of likely N-dealkylation sites (tertiary alicyclic amines) is 1. The van der Waals surface area contributed by atoms with E-state index in [0.717, 1.165) is 18.8 Å². The molecule has 1 aliphatic heterocycles. The van der Waals surface area contributed by atoms with Crippen molar-refractivity contribution in [3.63, 3.8) is 0 Å². The number of ether oxygens (including phenoxy) is 1. The van der Waals surface area contributed by atoms with Crippen LogP contribution in [0.1, 0.15) is 29.0 Å².